The van der Waals surface area contributed by atoms with Crippen LogP contribution in [0, 0.1) is 29.6 Å². The molecule has 1 nitrogen and oxygen atoms in total. The number of aliphatic hydroxyl groups excluding tert-OH is 1. The Bertz CT molecular complexity index is 184. The van der Waals surface area contributed by atoms with Crippen LogP contribution in [0.3, 0.4) is 0 Å². The van der Waals surface area contributed by atoms with E-state index in [1.54, 1.807) is 0 Å². The third-order valence-corrected chi connectivity index (χ3v) is 4.98. The van der Waals surface area contributed by atoms with E-state index in [2.05, 4.69) is 13.8 Å². The molecule has 0 spiro atoms. The van der Waals surface area contributed by atoms with Crippen LogP contribution < -0.4 is 0 Å². The molecule has 1 N–H and O–H groups in total. The Labute approximate surface area is 87.9 Å². The van der Waals surface area contributed by atoms with E-state index in [0.717, 1.165) is 30.1 Å². The van der Waals surface area contributed by atoms with Crippen molar-refractivity contribution in [2.75, 3.05) is 6.61 Å². The predicted molar refractivity (Wildman–Crippen MR) is 59.0 cm³/mol. The lowest BCUT2D eigenvalue weighted by molar-refractivity contribution is 0.147. The molecule has 2 aliphatic carbocycles. The minimum absolute atomic E-state index is 0.400. The van der Waals surface area contributed by atoms with Gasteiger partial charge in [0.1, 0.15) is 0 Å². The molecule has 2 fully saturated rings. The normalized spacial score (nSPS) is 43.1. The Hall–Kier alpha value is -0.0400. The fourth-order valence-corrected chi connectivity index (χ4v) is 3.86. The Morgan fingerprint density at radius 1 is 1.29 bits per heavy atom. The second-order valence-corrected chi connectivity index (χ2v) is 5.55. The summed E-state index contributed by atoms with van der Waals surface area (Å²) < 4.78 is 0. The quantitative estimate of drug-likeness (QED) is 0.732. The lowest BCUT2D eigenvalue weighted by Crippen LogP contribution is -2.23. The first kappa shape index (κ1) is 10.5. The van der Waals surface area contributed by atoms with Crippen LogP contribution >= 0.6 is 0 Å². The molecule has 2 rings (SSSR count). The minimum atomic E-state index is 0.400. The predicted octanol–water partition coefficient (Wildman–Crippen LogP) is 3.08. The number of aliphatic hydroxyl groups is 1. The minimum Gasteiger partial charge on any atom is -0.396 e. The van der Waals surface area contributed by atoms with Gasteiger partial charge in [-0.05, 0) is 55.3 Å². The molecule has 0 saturated heterocycles. The smallest absolute Gasteiger partial charge is 0.0459 e. The molecule has 1 heteroatoms. The van der Waals surface area contributed by atoms with Gasteiger partial charge in [-0.1, -0.05) is 20.3 Å². The molecule has 0 heterocycles. The summed E-state index contributed by atoms with van der Waals surface area (Å²) >= 11 is 0. The summed E-state index contributed by atoms with van der Waals surface area (Å²) in [5, 5.41) is 9.24. The second kappa shape index (κ2) is 4.22. The van der Waals surface area contributed by atoms with Crippen molar-refractivity contribution < 1.29 is 5.11 Å². The van der Waals surface area contributed by atoms with Crippen LogP contribution in [0.2, 0.25) is 0 Å². The Kier molecular flexibility index (Phi) is 3.16. The summed E-state index contributed by atoms with van der Waals surface area (Å²) in [5.74, 6) is 4.48. The number of hydrogen-bond donors (Lipinski definition) is 1. The fraction of sp³-hybridized carbons (Fsp3) is 1.00. The van der Waals surface area contributed by atoms with Gasteiger partial charge < -0.3 is 5.11 Å². The molecule has 2 bridgehead atoms. The molecule has 0 aromatic carbocycles. The van der Waals surface area contributed by atoms with Crippen molar-refractivity contribution in [3.63, 3.8) is 0 Å². The highest BCUT2D eigenvalue weighted by atomic mass is 16.3. The van der Waals surface area contributed by atoms with Crippen molar-refractivity contribution in [2.24, 2.45) is 29.6 Å². The average Bonchev–Trinajstić information content (AvgIpc) is 2.77. The zero-order chi connectivity index (χ0) is 10.1. The maximum absolute atomic E-state index is 9.24. The van der Waals surface area contributed by atoms with Gasteiger partial charge in [0.25, 0.3) is 0 Å². The molecule has 2 saturated carbocycles. The van der Waals surface area contributed by atoms with E-state index in [9.17, 15) is 5.11 Å². The summed E-state index contributed by atoms with van der Waals surface area (Å²) in [7, 11) is 0. The summed E-state index contributed by atoms with van der Waals surface area (Å²) in [5.41, 5.74) is 0. The molecular weight excluding hydrogens is 172 g/mol. The Morgan fingerprint density at radius 3 is 2.50 bits per heavy atom. The maximum Gasteiger partial charge on any atom is 0.0459 e. The number of hydrogen-bond acceptors (Lipinski definition) is 1. The van der Waals surface area contributed by atoms with Crippen LogP contribution in [0.15, 0.2) is 0 Å². The molecule has 0 radical (unpaired) electrons. The lowest BCUT2D eigenvalue weighted by atomic mass is 9.75. The van der Waals surface area contributed by atoms with Gasteiger partial charge in [-0.2, -0.15) is 0 Å². The number of rotatable bonds is 4. The molecule has 14 heavy (non-hydrogen) atoms. The third-order valence-electron chi connectivity index (χ3n) is 4.98. The molecule has 82 valence electrons. The Morgan fingerprint density at radius 2 is 2.00 bits per heavy atom. The van der Waals surface area contributed by atoms with Crippen LogP contribution in [-0.4, -0.2) is 11.7 Å². The van der Waals surface area contributed by atoms with E-state index in [0.29, 0.717) is 12.5 Å². The van der Waals surface area contributed by atoms with Gasteiger partial charge in [-0.15, -0.1) is 0 Å². The molecule has 0 aliphatic heterocycles. The molecule has 0 aromatic heterocycles. The van der Waals surface area contributed by atoms with E-state index in [-0.39, 0.29) is 0 Å². The fourth-order valence-electron chi connectivity index (χ4n) is 3.86. The monoisotopic (exact) mass is 196 g/mol. The topological polar surface area (TPSA) is 20.2 Å². The molecule has 2 aliphatic rings. The standard InChI is InChI=1S/C13H24O/c1-3-10(8-14)6-13-9(2)11-4-5-12(13)7-11/h9-14H,3-8H2,1-2H3. The summed E-state index contributed by atoms with van der Waals surface area (Å²) in [6.45, 7) is 5.05. The van der Waals surface area contributed by atoms with Crippen molar-refractivity contribution in [2.45, 2.75) is 46.0 Å². The maximum atomic E-state index is 9.24. The zero-order valence-electron chi connectivity index (χ0n) is 9.58. The van der Waals surface area contributed by atoms with E-state index >= 15 is 0 Å². The highest BCUT2D eigenvalue weighted by Gasteiger charge is 2.45. The molecule has 0 aromatic rings. The second-order valence-electron chi connectivity index (χ2n) is 5.55. The molecule has 5 unspecified atom stereocenters. The van der Waals surface area contributed by atoms with Crippen molar-refractivity contribution in [1.29, 1.82) is 0 Å². The van der Waals surface area contributed by atoms with Gasteiger partial charge in [0.05, 0.1) is 0 Å². The first-order valence-corrected chi connectivity index (χ1v) is 6.37. The van der Waals surface area contributed by atoms with Crippen LogP contribution in [0.25, 0.3) is 0 Å². The molecule has 5 atom stereocenters. The van der Waals surface area contributed by atoms with E-state index in [1.165, 1.54) is 25.7 Å². The van der Waals surface area contributed by atoms with E-state index in [4.69, 9.17) is 0 Å². The van der Waals surface area contributed by atoms with Crippen LogP contribution in [-0.2, 0) is 0 Å². The highest BCUT2D eigenvalue weighted by molar-refractivity contribution is 4.94. The van der Waals surface area contributed by atoms with Gasteiger partial charge in [0.2, 0.25) is 0 Å². The van der Waals surface area contributed by atoms with Gasteiger partial charge in [0, 0.05) is 6.61 Å². The van der Waals surface area contributed by atoms with Gasteiger partial charge >= 0.3 is 0 Å². The zero-order valence-corrected chi connectivity index (χ0v) is 9.58. The third kappa shape index (κ3) is 1.71. The van der Waals surface area contributed by atoms with Crippen LogP contribution in [0.4, 0.5) is 0 Å². The van der Waals surface area contributed by atoms with Gasteiger partial charge in [-0.25, -0.2) is 0 Å². The first-order chi connectivity index (χ1) is 6.76. The largest absolute Gasteiger partial charge is 0.396 e. The summed E-state index contributed by atoms with van der Waals surface area (Å²) in [4.78, 5) is 0. The SMILES string of the molecule is CCC(CO)CC1C2CCC(C2)C1C. The molecule has 0 amide bonds. The van der Waals surface area contributed by atoms with Crippen molar-refractivity contribution in [3.05, 3.63) is 0 Å². The first-order valence-electron chi connectivity index (χ1n) is 6.37. The van der Waals surface area contributed by atoms with E-state index in [1.807, 2.05) is 0 Å². The van der Waals surface area contributed by atoms with Crippen LogP contribution in [0.1, 0.15) is 46.0 Å². The summed E-state index contributed by atoms with van der Waals surface area (Å²) in [6.07, 6.45) is 6.89. The Balaban J connectivity index is 1.91. The van der Waals surface area contributed by atoms with Crippen LogP contribution in [0.5, 0.6) is 0 Å². The van der Waals surface area contributed by atoms with Gasteiger partial charge in [-0.3, -0.25) is 0 Å². The van der Waals surface area contributed by atoms with Crippen molar-refractivity contribution in [1.82, 2.24) is 0 Å². The van der Waals surface area contributed by atoms with E-state index < -0.39 is 0 Å². The average molecular weight is 196 g/mol. The number of fused-ring (bicyclic) bond motifs is 2. The summed E-state index contributed by atoms with van der Waals surface area (Å²) in [6, 6.07) is 0. The van der Waals surface area contributed by atoms with Crippen molar-refractivity contribution in [3.8, 4) is 0 Å². The van der Waals surface area contributed by atoms with Gasteiger partial charge in [0.15, 0.2) is 0 Å². The van der Waals surface area contributed by atoms with Crippen molar-refractivity contribution >= 4 is 0 Å². The lowest BCUT2D eigenvalue weighted by Gasteiger charge is -2.30. The molecular formula is C13H24O. The highest BCUT2D eigenvalue weighted by Crippen LogP contribution is 2.54.